The van der Waals surface area contributed by atoms with Crippen LogP contribution in [0.25, 0.3) is 0 Å². The number of halogens is 1. The molecule has 1 aromatic carbocycles. The maximum atomic E-state index is 6.19. The van der Waals surface area contributed by atoms with Crippen LogP contribution in [0.15, 0.2) is 29.6 Å². The Morgan fingerprint density at radius 2 is 2.18 bits per heavy atom. The zero-order valence-electron chi connectivity index (χ0n) is 9.80. The van der Waals surface area contributed by atoms with E-state index in [4.69, 9.17) is 11.6 Å². The van der Waals surface area contributed by atoms with E-state index >= 15 is 0 Å². The predicted octanol–water partition coefficient (Wildman–Crippen LogP) is 3.38. The molecule has 5 heteroatoms. The van der Waals surface area contributed by atoms with Crippen molar-refractivity contribution in [3.05, 3.63) is 45.9 Å². The monoisotopic (exact) mass is 267 g/mol. The van der Waals surface area contributed by atoms with Gasteiger partial charge >= 0.3 is 0 Å². The minimum atomic E-state index is 0.255. The first-order chi connectivity index (χ1) is 8.18. The lowest BCUT2D eigenvalue weighted by molar-refractivity contribution is 0.250. The molecule has 2 aromatic rings. The van der Waals surface area contributed by atoms with Crippen LogP contribution >= 0.6 is 23.1 Å². The van der Waals surface area contributed by atoms with E-state index in [1.165, 1.54) is 11.5 Å². The summed E-state index contributed by atoms with van der Waals surface area (Å²) in [7, 11) is 2.06. The minimum absolute atomic E-state index is 0.255. The smallest absolute Gasteiger partial charge is 0.0895 e. The van der Waals surface area contributed by atoms with Crippen molar-refractivity contribution in [1.29, 1.82) is 0 Å². The highest BCUT2D eigenvalue weighted by atomic mass is 35.5. The number of hydrogen-bond donors (Lipinski definition) is 0. The Labute approximate surface area is 110 Å². The molecular weight excluding hydrogens is 254 g/mol. The van der Waals surface area contributed by atoms with Gasteiger partial charge < -0.3 is 0 Å². The zero-order valence-corrected chi connectivity index (χ0v) is 11.4. The molecule has 90 valence electrons. The molecule has 1 aromatic heterocycles. The predicted molar refractivity (Wildman–Crippen MR) is 71.2 cm³/mol. The van der Waals surface area contributed by atoms with Crippen molar-refractivity contribution in [3.8, 4) is 0 Å². The minimum Gasteiger partial charge on any atom is -0.294 e. The van der Waals surface area contributed by atoms with Crippen LogP contribution in [0.3, 0.4) is 0 Å². The highest BCUT2D eigenvalue weighted by Crippen LogP contribution is 2.26. The SMILES string of the molecule is C[C@@H](c1ccccc1Cl)N(C)Cc1csnn1. The van der Waals surface area contributed by atoms with E-state index in [0.29, 0.717) is 0 Å². The van der Waals surface area contributed by atoms with E-state index < -0.39 is 0 Å². The van der Waals surface area contributed by atoms with E-state index in [2.05, 4.69) is 34.5 Å². The molecule has 17 heavy (non-hydrogen) atoms. The molecule has 1 atom stereocenters. The van der Waals surface area contributed by atoms with Crippen molar-refractivity contribution in [2.24, 2.45) is 0 Å². The van der Waals surface area contributed by atoms with Crippen molar-refractivity contribution < 1.29 is 0 Å². The van der Waals surface area contributed by atoms with Crippen LogP contribution in [-0.2, 0) is 6.54 Å². The fraction of sp³-hybridized carbons (Fsp3) is 0.333. The van der Waals surface area contributed by atoms with Crippen molar-refractivity contribution in [3.63, 3.8) is 0 Å². The highest BCUT2D eigenvalue weighted by Gasteiger charge is 2.15. The maximum absolute atomic E-state index is 6.19. The molecular formula is C12H14ClN3S. The van der Waals surface area contributed by atoms with Gasteiger partial charge in [0.15, 0.2) is 0 Å². The lowest BCUT2D eigenvalue weighted by atomic mass is 10.1. The molecule has 0 fully saturated rings. The van der Waals surface area contributed by atoms with Gasteiger partial charge in [0.05, 0.1) is 5.69 Å². The van der Waals surface area contributed by atoms with E-state index in [9.17, 15) is 0 Å². The summed E-state index contributed by atoms with van der Waals surface area (Å²) in [6.07, 6.45) is 0. The highest BCUT2D eigenvalue weighted by molar-refractivity contribution is 7.03. The number of rotatable bonds is 4. The quantitative estimate of drug-likeness (QED) is 0.850. The van der Waals surface area contributed by atoms with Crippen LogP contribution in [-0.4, -0.2) is 21.5 Å². The summed E-state index contributed by atoms with van der Waals surface area (Å²) in [6.45, 7) is 2.92. The van der Waals surface area contributed by atoms with E-state index in [-0.39, 0.29) is 6.04 Å². The summed E-state index contributed by atoms with van der Waals surface area (Å²) in [6, 6.07) is 8.19. The Hall–Kier alpha value is -0.970. The van der Waals surface area contributed by atoms with Gasteiger partial charge in [-0.2, -0.15) is 0 Å². The summed E-state index contributed by atoms with van der Waals surface area (Å²) in [4.78, 5) is 2.21. The van der Waals surface area contributed by atoms with E-state index in [1.807, 2.05) is 23.6 Å². The molecule has 0 saturated heterocycles. The molecule has 0 aliphatic heterocycles. The summed E-state index contributed by atoms with van der Waals surface area (Å²) < 4.78 is 3.86. The van der Waals surface area contributed by atoms with Crippen molar-refractivity contribution in [2.45, 2.75) is 19.5 Å². The number of nitrogens with zero attached hydrogens (tertiary/aromatic N) is 3. The van der Waals surface area contributed by atoms with Crippen molar-refractivity contribution >= 4 is 23.1 Å². The van der Waals surface area contributed by atoms with E-state index in [1.54, 1.807) is 0 Å². The lowest BCUT2D eigenvalue weighted by Crippen LogP contribution is -2.22. The molecule has 0 saturated carbocycles. The topological polar surface area (TPSA) is 29.0 Å². The molecule has 0 amide bonds. The van der Waals surface area contributed by atoms with Gasteiger partial charge in [-0.05, 0) is 37.1 Å². The average Bonchev–Trinajstić information content (AvgIpc) is 2.81. The van der Waals surface area contributed by atoms with Gasteiger partial charge in [-0.15, -0.1) is 5.10 Å². The van der Waals surface area contributed by atoms with Crippen LogP contribution in [0.5, 0.6) is 0 Å². The van der Waals surface area contributed by atoms with Gasteiger partial charge in [-0.3, -0.25) is 4.90 Å². The molecule has 0 aliphatic carbocycles. The van der Waals surface area contributed by atoms with Gasteiger partial charge in [0, 0.05) is 23.0 Å². The second kappa shape index (κ2) is 5.58. The fourth-order valence-electron chi connectivity index (χ4n) is 1.70. The van der Waals surface area contributed by atoms with Gasteiger partial charge in [0.2, 0.25) is 0 Å². The molecule has 0 spiro atoms. The Bertz CT molecular complexity index is 472. The summed E-state index contributed by atoms with van der Waals surface area (Å²) in [5, 5.41) is 6.83. The van der Waals surface area contributed by atoms with Crippen LogP contribution in [0.4, 0.5) is 0 Å². The molecule has 0 radical (unpaired) electrons. The first-order valence-corrected chi connectivity index (χ1v) is 6.60. The first-order valence-electron chi connectivity index (χ1n) is 5.39. The van der Waals surface area contributed by atoms with Crippen molar-refractivity contribution in [2.75, 3.05) is 7.05 Å². The Morgan fingerprint density at radius 1 is 1.41 bits per heavy atom. The Morgan fingerprint density at radius 3 is 2.82 bits per heavy atom. The van der Waals surface area contributed by atoms with Gasteiger partial charge in [0.25, 0.3) is 0 Å². The summed E-state index contributed by atoms with van der Waals surface area (Å²) in [5.74, 6) is 0. The third-order valence-electron chi connectivity index (χ3n) is 2.83. The molecule has 0 unspecified atom stereocenters. The van der Waals surface area contributed by atoms with Crippen LogP contribution in [0.1, 0.15) is 24.2 Å². The molecule has 0 aliphatic rings. The second-order valence-corrected chi connectivity index (χ2v) is 5.03. The fourth-order valence-corrected chi connectivity index (χ4v) is 2.43. The van der Waals surface area contributed by atoms with Gasteiger partial charge in [-0.1, -0.05) is 34.3 Å². The Balaban J connectivity index is 2.09. The molecule has 0 N–H and O–H groups in total. The molecule has 0 bridgehead atoms. The van der Waals surface area contributed by atoms with Crippen LogP contribution < -0.4 is 0 Å². The standard InChI is InChI=1S/C12H14ClN3S/c1-9(11-5-3-4-6-12(11)13)16(2)7-10-8-17-15-14-10/h3-6,8-9H,7H2,1-2H3/t9-/m0/s1. The molecule has 3 nitrogen and oxygen atoms in total. The van der Waals surface area contributed by atoms with Gasteiger partial charge in [-0.25, -0.2) is 0 Å². The number of aromatic nitrogens is 2. The normalized spacial score (nSPS) is 12.9. The zero-order chi connectivity index (χ0) is 12.3. The number of benzene rings is 1. The van der Waals surface area contributed by atoms with Crippen LogP contribution in [0.2, 0.25) is 5.02 Å². The second-order valence-electron chi connectivity index (χ2n) is 4.01. The third-order valence-corrected chi connectivity index (χ3v) is 3.73. The molecule has 1 heterocycles. The summed E-state index contributed by atoms with van der Waals surface area (Å²) >= 11 is 7.57. The molecule has 2 rings (SSSR count). The van der Waals surface area contributed by atoms with Crippen molar-refractivity contribution in [1.82, 2.24) is 14.5 Å². The summed E-state index contributed by atoms with van der Waals surface area (Å²) in [5.41, 5.74) is 2.14. The lowest BCUT2D eigenvalue weighted by Gasteiger charge is -2.24. The Kier molecular flexibility index (Phi) is 4.10. The van der Waals surface area contributed by atoms with Gasteiger partial charge in [0.1, 0.15) is 0 Å². The van der Waals surface area contributed by atoms with Crippen LogP contribution in [0, 0.1) is 0 Å². The average molecular weight is 268 g/mol. The number of hydrogen-bond acceptors (Lipinski definition) is 4. The first kappa shape index (κ1) is 12.5. The largest absolute Gasteiger partial charge is 0.294 e. The third kappa shape index (κ3) is 3.03. The van der Waals surface area contributed by atoms with E-state index in [0.717, 1.165) is 22.8 Å². The maximum Gasteiger partial charge on any atom is 0.0895 e.